The van der Waals surface area contributed by atoms with Gasteiger partial charge in [0.1, 0.15) is 12.6 Å². The van der Waals surface area contributed by atoms with Crippen LogP contribution in [0.4, 0.5) is 18.0 Å². The molecule has 0 aromatic rings. The van der Waals surface area contributed by atoms with E-state index in [0.717, 1.165) is 4.90 Å². The lowest BCUT2D eigenvalue weighted by Gasteiger charge is -2.32. The Morgan fingerprint density at radius 1 is 1.38 bits per heavy atom. The van der Waals surface area contributed by atoms with E-state index in [4.69, 9.17) is 5.11 Å². The van der Waals surface area contributed by atoms with Crippen LogP contribution >= 0.6 is 0 Å². The van der Waals surface area contributed by atoms with Gasteiger partial charge in [-0.1, -0.05) is 0 Å². The number of alkyl halides is 3. The molecule has 1 fully saturated rings. The molecule has 0 radical (unpaired) electrons. The molecular weight excluding hydrogens is 295 g/mol. The summed E-state index contributed by atoms with van der Waals surface area (Å²) in [5.41, 5.74) is 0. The third kappa shape index (κ3) is 5.88. The van der Waals surface area contributed by atoms with Crippen LogP contribution < -0.4 is 10.6 Å². The number of halogens is 3. The van der Waals surface area contributed by atoms with Crippen LogP contribution in [0.25, 0.3) is 0 Å². The first-order valence-corrected chi connectivity index (χ1v) is 6.31. The predicted molar refractivity (Wildman–Crippen MR) is 64.4 cm³/mol. The number of rotatable bonds is 5. The number of nitrogens with zero attached hydrogens (tertiary/aromatic N) is 1. The predicted octanol–water partition coefficient (Wildman–Crippen LogP) is 0.314. The highest BCUT2D eigenvalue weighted by Gasteiger charge is 2.35. The van der Waals surface area contributed by atoms with Crippen LogP contribution in [0.1, 0.15) is 19.3 Å². The van der Waals surface area contributed by atoms with Crippen molar-refractivity contribution in [1.82, 2.24) is 15.5 Å². The fraction of sp³-hybridized carbons (Fsp3) is 0.727. The van der Waals surface area contributed by atoms with E-state index < -0.39 is 43.1 Å². The number of carbonyl (C=O) groups excluding carboxylic acids is 2. The van der Waals surface area contributed by atoms with Crippen LogP contribution in [0.3, 0.4) is 0 Å². The molecule has 7 nitrogen and oxygen atoms in total. The number of urea groups is 1. The van der Waals surface area contributed by atoms with E-state index in [0.29, 0.717) is 0 Å². The first-order chi connectivity index (χ1) is 9.70. The van der Waals surface area contributed by atoms with Gasteiger partial charge in [-0.05, 0) is 12.8 Å². The summed E-state index contributed by atoms with van der Waals surface area (Å²) in [4.78, 5) is 34.8. The van der Waals surface area contributed by atoms with Gasteiger partial charge in [0.25, 0.3) is 0 Å². The second kappa shape index (κ2) is 7.14. The van der Waals surface area contributed by atoms with Crippen molar-refractivity contribution in [3.05, 3.63) is 0 Å². The Hall–Kier alpha value is -2.00. The molecule has 1 aliphatic heterocycles. The molecule has 21 heavy (non-hydrogen) atoms. The molecule has 0 saturated carbocycles. The summed E-state index contributed by atoms with van der Waals surface area (Å²) in [5.74, 6) is -1.75. The summed E-state index contributed by atoms with van der Waals surface area (Å²) >= 11 is 0. The molecular formula is C11H16F3N3O4. The van der Waals surface area contributed by atoms with Gasteiger partial charge < -0.3 is 15.7 Å². The molecule has 1 heterocycles. The maximum Gasteiger partial charge on any atom is 0.389 e. The first kappa shape index (κ1) is 17.1. The standard InChI is InChI=1S/C11H16F3N3O4/c12-11(13,14)3-1-2-4-15-10(21)17-6-8(18)16-5-7(17)9(19)20/h7H,1-6H2,(H,15,21)(H,16,18)(H,19,20). The quantitative estimate of drug-likeness (QED) is 0.637. The average Bonchev–Trinajstić information content (AvgIpc) is 2.36. The number of carboxylic acid groups (broad SMARTS) is 1. The van der Waals surface area contributed by atoms with E-state index in [2.05, 4.69) is 10.6 Å². The smallest absolute Gasteiger partial charge is 0.389 e. The van der Waals surface area contributed by atoms with Crippen molar-refractivity contribution < 1.29 is 32.7 Å². The van der Waals surface area contributed by atoms with Gasteiger partial charge in [-0.2, -0.15) is 13.2 Å². The van der Waals surface area contributed by atoms with Crippen LogP contribution in [0.15, 0.2) is 0 Å². The summed E-state index contributed by atoms with van der Waals surface area (Å²) in [5, 5.41) is 13.6. The van der Waals surface area contributed by atoms with Gasteiger partial charge in [0.05, 0.1) is 0 Å². The van der Waals surface area contributed by atoms with Gasteiger partial charge in [-0.3, -0.25) is 9.69 Å². The van der Waals surface area contributed by atoms with Crippen LogP contribution in [0.2, 0.25) is 0 Å². The minimum atomic E-state index is -4.23. The highest BCUT2D eigenvalue weighted by molar-refractivity contribution is 5.90. The number of amides is 3. The van der Waals surface area contributed by atoms with E-state index in [-0.39, 0.29) is 25.9 Å². The molecule has 1 atom stereocenters. The summed E-state index contributed by atoms with van der Waals surface area (Å²) in [6, 6.07) is -1.96. The maximum absolute atomic E-state index is 11.9. The molecule has 0 aromatic heterocycles. The molecule has 1 saturated heterocycles. The third-order valence-corrected chi connectivity index (χ3v) is 2.89. The fourth-order valence-electron chi connectivity index (χ4n) is 1.82. The van der Waals surface area contributed by atoms with Crippen molar-refractivity contribution in [3.63, 3.8) is 0 Å². The summed E-state index contributed by atoms with van der Waals surface area (Å²) in [6.07, 6.45) is -5.19. The molecule has 0 bridgehead atoms. The lowest BCUT2D eigenvalue weighted by molar-refractivity contribution is -0.144. The zero-order chi connectivity index (χ0) is 16.0. The van der Waals surface area contributed by atoms with Crippen LogP contribution in [-0.2, 0) is 9.59 Å². The zero-order valence-corrected chi connectivity index (χ0v) is 11.1. The summed E-state index contributed by atoms with van der Waals surface area (Å²) < 4.78 is 35.7. The normalized spacial score (nSPS) is 19.1. The number of piperazine rings is 1. The van der Waals surface area contributed by atoms with Crippen molar-refractivity contribution in [2.45, 2.75) is 31.5 Å². The monoisotopic (exact) mass is 311 g/mol. The minimum absolute atomic E-state index is 0.0145. The Balaban J connectivity index is 2.38. The molecule has 1 unspecified atom stereocenters. The Labute approximate surface area is 118 Å². The van der Waals surface area contributed by atoms with E-state index in [1.54, 1.807) is 0 Å². The second-order valence-electron chi connectivity index (χ2n) is 4.59. The number of carbonyl (C=O) groups is 3. The van der Waals surface area contributed by atoms with Crippen LogP contribution in [0, 0.1) is 0 Å². The van der Waals surface area contributed by atoms with Crippen LogP contribution in [0.5, 0.6) is 0 Å². The number of aliphatic carboxylic acids is 1. The number of unbranched alkanes of at least 4 members (excludes halogenated alkanes) is 1. The van der Waals surface area contributed by atoms with Crippen molar-refractivity contribution in [3.8, 4) is 0 Å². The number of nitrogens with one attached hydrogen (secondary N) is 2. The summed E-state index contributed by atoms with van der Waals surface area (Å²) in [7, 11) is 0. The molecule has 1 rings (SSSR count). The number of hydrogen-bond acceptors (Lipinski definition) is 3. The molecule has 120 valence electrons. The van der Waals surface area contributed by atoms with Crippen molar-refractivity contribution >= 4 is 17.9 Å². The zero-order valence-electron chi connectivity index (χ0n) is 11.1. The molecule has 1 aliphatic rings. The lowest BCUT2D eigenvalue weighted by Crippen LogP contribution is -2.61. The number of hydrogen-bond donors (Lipinski definition) is 3. The highest BCUT2D eigenvalue weighted by atomic mass is 19.4. The van der Waals surface area contributed by atoms with Gasteiger partial charge in [-0.25, -0.2) is 9.59 Å². The third-order valence-electron chi connectivity index (χ3n) is 2.89. The molecule has 3 amide bonds. The fourth-order valence-corrected chi connectivity index (χ4v) is 1.82. The summed E-state index contributed by atoms with van der Waals surface area (Å²) in [6.45, 7) is -0.611. The van der Waals surface area contributed by atoms with E-state index in [1.165, 1.54) is 0 Å². The molecule has 10 heteroatoms. The molecule has 0 spiro atoms. The Kier molecular flexibility index (Phi) is 5.79. The first-order valence-electron chi connectivity index (χ1n) is 6.31. The average molecular weight is 311 g/mol. The van der Waals surface area contributed by atoms with E-state index >= 15 is 0 Å². The Bertz CT molecular complexity index is 414. The lowest BCUT2D eigenvalue weighted by atomic mass is 10.2. The van der Waals surface area contributed by atoms with Crippen molar-refractivity contribution in [2.75, 3.05) is 19.6 Å². The van der Waals surface area contributed by atoms with Gasteiger partial charge >= 0.3 is 18.2 Å². The van der Waals surface area contributed by atoms with Gasteiger partial charge in [0.2, 0.25) is 5.91 Å². The Morgan fingerprint density at radius 3 is 2.62 bits per heavy atom. The SMILES string of the molecule is O=C1CN(C(=O)NCCCCC(F)(F)F)C(C(=O)O)CN1. The van der Waals surface area contributed by atoms with Gasteiger partial charge in [0.15, 0.2) is 0 Å². The van der Waals surface area contributed by atoms with E-state index in [9.17, 15) is 27.6 Å². The second-order valence-corrected chi connectivity index (χ2v) is 4.59. The maximum atomic E-state index is 11.9. The highest BCUT2D eigenvalue weighted by Crippen LogP contribution is 2.21. The number of carboxylic acids is 1. The Morgan fingerprint density at radius 2 is 2.05 bits per heavy atom. The van der Waals surface area contributed by atoms with Crippen LogP contribution in [-0.4, -0.2) is 59.8 Å². The molecule has 0 aromatic carbocycles. The minimum Gasteiger partial charge on any atom is -0.480 e. The van der Waals surface area contributed by atoms with Crippen molar-refractivity contribution in [1.29, 1.82) is 0 Å². The molecule has 3 N–H and O–H groups in total. The van der Waals surface area contributed by atoms with Gasteiger partial charge in [-0.15, -0.1) is 0 Å². The van der Waals surface area contributed by atoms with E-state index in [1.807, 2.05) is 0 Å². The van der Waals surface area contributed by atoms with Crippen molar-refractivity contribution in [2.24, 2.45) is 0 Å². The van der Waals surface area contributed by atoms with Gasteiger partial charge in [0, 0.05) is 19.5 Å². The molecule has 0 aliphatic carbocycles. The largest absolute Gasteiger partial charge is 0.480 e. The topological polar surface area (TPSA) is 98.7 Å².